The summed E-state index contributed by atoms with van der Waals surface area (Å²) in [6.07, 6.45) is 13.9. The molecule has 4 bridgehead atoms. The molecule has 3 aliphatic carbocycles. The van der Waals surface area contributed by atoms with Crippen molar-refractivity contribution in [3.63, 3.8) is 0 Å². The summed E-state index contributed by atoms with van der Waals surface area (Å²) >= 11 is 0. The molecule has 5 atom stereocenters. The molecule has 2 N–H and O–H groups in total. The summed E-state index contributed by atoms with van der Waals surface area (Å²) in [5.74, 6) is -3.05. The summed E-state index contributed by atoms with van der Waals surface area (Å²) in [5.41, 5.74) is -0.842. The first-order valence-corrected chi connectivity index (χ1v) is 21.0. The number of aromatic nitrogens is 1. The van der Waals surface area contributed by atoms with Gasteiger partial charge in [-0.15, -0.1) is 6.58 Å². The summed E-state index contributed by atoms with van der Waals surface area (Å²) in [7, 11) is -3.88. The number of allylic oxidation sites excluding steroid dienone is 1. The fourth-order valence-corrected chi connectivity index (χ4v) is 9.76. The van der Waals surface area contributed by atoms with E-state index >= 15 is 0 Å². The average Bonchev–Trinajstić information content (AvgIpc) is 4.08. The summed E-state index contributed by atoms with van der Waals surface area (Å²) in [5, 5.41) is 3.96. The molecule has 2 aromatic rings. The molecule has 12 nitrogen and oxygen atoms in total. The van der Waals surface area contributed by atoms with E-state index in [9.17, 15) is 27.6 Å². The lowest BCUT2D eigenvalue weighted by Gasteiger charge is -2.34. The smallest absolute Gasteiger partial charge is 0.306 e. The lowest BCUT2D eigenvalue weighted by Crippen LogP contribution is -2.57. The molecule has 7 rings (SSSR count). The summed E-state index contributed by atoms with van der Waals surface area (Å²) in [4.78, 5) is 62.4. The van der Waals surface area contributed by atoms with Gasteiger partial charge in [-0.2, -0.15) is 0 Å². The first-order valence-electron chi connectivity index (χ1n) is 19.5. The third kappa shape index (κ3) is 8.21. The minimum Gasteiger partial charge on any atom is -0.472 e. The zero-order valence-corrected chi connectivity index (χ0v) is 32.1. The average molecular weight is 761 g/mol. The van der Waals surface area contributed by atoms with Crippen LogP contribution in [0.3, 0.4) is 0 Å². The van der Waals surface area contributed by atoms with Gasteiger partial charge in [0.25, 0.3) is 5.91 Å². The maximum absolute atomic E-state index is 14.9. The van der Waals surface area contributed by atoms with Gasteiger partial charge >= 0.3 is 5.97 Å². The van der Waals surface area contributed by atoms with Crippen molar-refractivity contribution in [3.05, 3.63) is 54.8 Å². The van der Waals surface area contributed by atoms with Crippen LogP contribution in [-0.4, -0.2) is 78.1 Å². The summed E-state index contributed by atoms with van der Waals surface area (Å²) in [6.45, 7) is 8.20. The molecule has 3 amide bonds. The van der Waals surface area contributed by atoms with Crippen LogP contribution in [0.15, 0.2) is 49.2 Å². The van der Waals surface area contributed by atoms with E-state index in [1.165, 1.54) is 11.0 Å². The van der Waals surface area contributed by atoms with Crippen molar-refractivity contribution >= 4 is 50.6 Å². The van der Waals surface area contributed by atoms with E-state index in [0.717, 1.165) is 61.3 Å². The van der Waals surface area contributed by atoms with Crippen molar-refractivity contribution in [1.82, 2.24) is 19.9 Å². The Balaban J connectivity index is 1.22. The summed E-state index contributed by atoms with van der Waals surface area (Å²) < 4.78 is 40.1. The molecule has 2 aliphatic heterocycles. The number of cyclic esters (lactones) is 1. The van der Waals surface area contributed by atoms with Gasteiger partial charge in [-0.25, -0.2) is 13.4 Å². The van der Waals surface area contributed by atoms with Gasteiger partial charge in [-0.1, -0.05) is 63.5 Å². The number of hydrogen-bond acceptors (Lipinski definition) is 9. The topological polar surface area (TPSA) is 161 Å². The van der Waals surface area contributed by atoms with Crippen LogP contribution in [0.2, 0.25) is 0 Å². The molecule has 290 valence electrons. The normalized spacial score (nSPS) is 29.9. The van der Waals surface area contributed by atoms with Gasteiger partial charge in [-0.05, 0) is 79.4 Å². The third-order valence-corrected chi connectivity index (χ3v) is 13.8. The Bertz CT molecular complexity index is 1950. The van der Waals surface area contributed by atoms with Crippen LogP contribution in [0.5, 0.6) is 5.88 Å². The van der Waals surface area contributed by atoms with Crippen molar-refractivity contribution in [2.75, 3.05) is 13.2 Å². The molecule has 0 radical (unpaired) electrons. The predicted octanol–water partition coefficient (Wildman–Crippen LogP) is 5.22. The van der Waals surface area contributed by atoms with Crippen molar-refractivity contribution in [1.29, 1.82) is 0 Å². The first-order chi connectivity index (χ1) is 25.8. The number of amides is 3. The third-order valence-electron chi connectivity index (χ3n) is 12.0. The molecular weight excluding hydrogens is 709 g/mol. The number of carbonyl (C=O) groups excluding carboxylic acids is 4. The second-order valence-electron chi connectivity index (χ2n) is 16.7. The number of benzene rings is 1. The fourth-order valence-electron chi connectivity index (χ4n) is 8.39. The highest BCUT2D eigenvalue weighted by Crippen LogP contribution is 2.46. The number of fused-ring (bicyclic) bond motifs is 3. The zero-order valence-electron chi connectivity index (χ0n) is 31.3. The maximum atomic E-state index is 14.9. The highest BCUT2D eigenvalue weighted by Gasteiger charge is 2.62. The molecule has 5 aliphatic rings. The van der Waals surface area contributed by atoms with E-state index < -0.39 is 62.6 Å². The molecule has 1 saturated heterocycles. The standard InChI is InChI=1S/C41H52N4O8S/c1-4-29-23-41(29,39(49)44-54(50,51)31-15-16-31)43-36(47)34-21-30-24-45(34)38(48)33(27-11-6-5-7-12-27)22-35(46)52-25-40(2,3)18-9-8-10-26-13-14-28-17-19-42-37(53-30)32(28)20-26/h4,8,10,13-14,17,19-20,27,29-31,33-34H,1,5-7,9,11-12,15-16,18,21-25H2,2-3H3,(H,43,47)(H,44,49)/b10-8+/t29-,30-,33+,34+,41-/m1/s1. The predicted molar refractivity (Wildman–Crippen MR) is 203 cm³/mol. The second kappa shape index (κ2) is 15.1. The number of esters is 1. The minimum absolute atomic E-state index is 0.0556. The van der Waals surface area contributed by atoms with Crippen molar-refractivity contribution in [2.45, 2.75) is 114 Å². The van der Waals surface area contributed by atoms with E-state index in [1.54, 1.807) is 6.20 Å². The molecular formula is C41H52N4O8S. The molecule has 13 heteroatoms. The number of carbonyl (C=O) groups is 4. The van der Waals surface area contributed by atoms with Crippen molar-refractivity contribution in [2.24, 2.45) is 23.2 Å². The van der Waals surface area contributed by atoms with Crippen LogP contribution < -0.4 is 14.8 Å². The lowest BCUT2D eigenvalue weighted by atomic mass is 9.77. The molecule has 0 unspecified atom stereocenters. The van der Waals surface area contributed by atoms with Gasteiger partial charge in [-0.3, -0.25) is 23.9 Å². The minimum atomic E-state index is -3.88. The van der Waals surface area contributed by atoms with Gasteiger partial charge < -0.3 is 19.7 Å². The van der Waals surface area contributed by atoms with Gasteiger partial charge in [0.15, 0.2) is 0 Å². The van der Waals surface area contributed by atoms with Gasteiger partial charge in [0.2, 0.25) is 27.7 Å². The SMILES string of the molecule is C=C[C@@H]1C[C@]1(NC(=O)[C@@H]1C[C@@H]2CN1C(=O)[C@H](C1CCCCC1)CC(=O)OCC(C)(C)CC/C=C/c1ccc3ccnc(c3c1)O2)C(=O)NS(=O)(=O)C1CC1. The van der Waals surface area contributed by atoms with Crippen molar-refractivity contribution in [3.8, 4) is 5.88 Å². The van der Waals surface area contributed by atoms with Gasteiger partial charge in [0, 0.05) is 23.9 Å². The Morgan fingerprint density at radius 2 is 1.85 bits per heavy atom. The molecule has 1 aromatic heterocycles. The first kappa shape index (κ1) is 38.0. The van der Waals surface area contributed by atoms with E-state index in [-0.39, 0.29) is 49.7 Å². The Labute approximate surface area is 317 Å². The maximum Gasteiger partial charge on any atom is 0.306 e. The highest BCUT2D eigenvalue weighted by atomic mass is 32.2. The van der Waals surface area contributed by atoms with E-state index in [2.05, 4.69) is 41.5 Å². The Hall–Kier alpha value is -4.26. The number of sulfonamides is 1. The Morgan fingerprint density at radius 1 is 1.07 bits per heavy atom. The number of nitrogens with zero attached hydrogens (tertiary/aromatic N) is 2. The highest BCUT2D eigenvalue weighted by molar-refractivity contribution is 7.91. The quantitative estimate of drug-likeness (QED) is 0.285. The Morgan fingerprint density at radius 3 is 2.57 bits per heavy atom. The van der Waals surface area contributed by atoms with Crippen LogP contribution in [-0.2, 0) is 33.9 Å². The molecule has 0 spiro atoms. The Kier molecular flexibility index (Phi) is 10.6. The van der Waals surface area contributed by atoms with Crippen LogP contribution in [0.4, 0.5) is 0 Å². The zero-order chi connectivity index (χ0) is 38.3. The number of ether oxygens (including phenoxy) is 2. The van der Waals surface area contributed by atoms with Gasteiger partial charge in [0.1, 0.15) is 17.7 Å². The monoisotopic (exact) mass is 760 g/mol. The number of rotatable bonds is 7. The molecule has 4 fully saturated rings. The van der Waals surface area contributed by atoms with E-state index in [4.69, 9.17) is 9.47 Å². The summed E-state index contributed by atoms with van der Waals surface area (Å²) in [6, 6.07) is 6.88. The number of hydrogen-bond donors (Lipinski definition) is 2. The molecule has 54 heavy (non-hydrogen) atoms. The molecule has 3 saturated carbocycles. The van der Waals surface area contributed by atoms with Crippen LogP contribution in [0.1, 0.15) is 96.5 Å². The largest absolute Gasteiger partial charge is 0.472 e. The second-order valence-corrected chi connectivity index (χ2v) is 18.7. The number of nitrogens with one attached hydrogen (secondary N) is 2. The van der Waals surface area contributed by atoms with Crippen molar-refractivity contribution < 1.29 is 37.1 Å². The lowest BCUT2D eigenvalue weighted by molar-refractivity contribution is -0.154. The number of pyridine rings is 1. The molecule has 3 heterocycles. The van der Waals surface area contributed by atoms with Crippen LogP contribution in [0.25, 0.3) is 16.8 Å². The molecule has 1 aromatic carbocycles. The van der Waals surface area contributed by atoms with E-state index in [1.807, 2.05) is 30.3 Å². The fraction of sp³-hybridized carbons (Fsp3) is 0.585. The van der Waals surface area contributed by atoms with Crippen LogP contribution in [0, 0.1) is 23.2 Å². The van der Waals surface area contributed by atoms with Crippen LogP contribution >= 0.6 is 0 Å². The van der Waals surface area contributed by atoms with Gasteiger partial charge in [0.05, 0.1) is 30.7 Å². The van der Waals surface area contributed by atoms with E-state index in [0.29, 0.717) is 18.7 Å².